The minimum Gasteiger partial charge on any atom is -0.444 e. The van der Waals surface area contributed by atoms with E-state index in [1.165, 1.54) is 0 Å². The van der Waals surface area contributed by atoms with E-state index in [1.54, 1.807) is 0 Å². The average Bonchev–Trinajstić information content (AvgIpc) is 2.82. The number of amides is 1. The maximum absolute atomic E-state index is 11.6. The van der Waals surface area contributed by atoms with Crippen molar-refractivity contribution in [3.8, 4) is 0 Å². The van der Waals surface area contributed by atoms with Crippen LogP contribution in [0.5, 0.6) is 0 Å². The zero-order valence-electron chi connectivity index (χ0n) is 13.7. The van der Waals surface area contributed by atoms with E-state index in [9.17, 15) is 4.79 Å². The van der Waals surface area contributed by atoms with Gasteiger partial charge in [0.2, 0.25) is 0 Å². The zero-order chi connectivity index (χ0) is 15.9. The third kappa shape index (κ3) is 6.89. The summed E-state index contributed by atoms with van der Waals surface area (Å²) in [6, 6.07) is 0.427. The predicted molar refractivity (Wildman–Crippen MR) is 87.9 cm³/mol. The molecule has 0 aliphatic rings. The number of nitrogens with one attached hydrogen (secondary N) is 1. The second-order valence-corrected chi connectivity index (χ2v) is 7.09. The van der Waals surface area contributed by atoms with Gasteiger partial charge in [-0.15, -0.1) is 0 Å². The van der Waals surface area contributed by atoms with Crippen molar-refractivity contribution in [3.05, 3.63) is 18.2 Å². The molecule has 0 saturated carbocycles. The molecule has 0 bridgehead atoms. The van der Waals surface area contributed by atoms with Gasteiger partial charge in [0.15, 0.2) is 0 Å². The molecular weight excluding hydrogens is 286 g/mol. The lowest BCUT2D eigenvalue weighted by Crippen LogP contribution is -2.33. The molecule has 0 aromatic carbocycles. The van der Waals surface area contributed by atoms with Gasteiger partial charge in [0.05, 0.1) is 6.33 Å². The van der Waals surface area contributed by atoms with Gasteiger partial charge in [-0.3, -0.25) is 0 Å². The SMILES string of the molecule is CSCCC(C)n1cncc1CCNC(=O)OC(C)(C)C. The summed E-state index contributed by atoms with van der Waals surface area (Å²) in [5, 5.41) is 2.78. The van der Waals surface area contributed by atoms with Crippen molar-refractivity contribution >= 4 is 17.9 Å². The molecule has 120 valence electrons. The van der Waals surface area contributed by atoms with E-state index in [4.69, 9.17) is 4.74 Å². The maximum atomic E-state index is 11.6. The first-order valence-electron chi connectivity index (χ1n) is 7.30. The number of carbonyl (C=O) groups excluding carboxylic acids is 1. The quantitative estimate of drug-likeness (QED) is 0.839. The van der Waals surface area contributed by atoms with Gasteiger partial charge >= 0.3 is 6.09 Å². The molecule has 0 saturated heterocycles. The van der Waals surface area contributed by atoms with E-state index in [0.29, 0.717) is 12.6 Å². The molecule has 1 aromatic heterocycles. The molecule has 1 heterocycles. The van der Waals surface area contributed by atoms with E-state index in [2.05, 4.69) is 28.0 Å². The van der Waals surface area contributed by atoms with Crippen LogP contribution >= 0.6 is 11.8 Å². The fourth-order valence-corrected chi connectivity index (χ4v) is 2.53. The first-order chi connectivity index (χ1) is 9.83. The van der Waals surface area contributed by atoms with Crippen molar-refractivity contribution in [3.63, 3.8) is 0 Å². The highest BCUT2D eigenvalue weighted by atomic mass is 32.2. The van der Waals surface area contributed by atoms with Crippen LogP contribution in [0.2, 0.25) is 0 Å². The maximum Gasteiger partial charge on any atom is 0.407 e. The highest BCUT2D eigenvalue weighted by Gasteiger charge is 2.16. The number of rotatable bonds is 7. The van der Waals surface area contributed by atoms with Crippen LogP contribution in [0.1, 0.15) is 45.9 Å². The van der Waals surface area contributed by atoms with E-state index < -0.39 is 5.60 Å². The van der Waals surface area contributed by atoms with Crippen molar-refractivity contribution in [2.45, 2.75) is 52.2 Å². The Labute approximate surface area is 131 Å². The lowest BCUT2D eigenvalue weighted by atomic mass is 10.2. The number of imidazole rings is 1. The highest BCUT2D eigenvalue weighted by Crippen LogP contribution is 2.16. The molecule has 0 spiro atoms. The van der Waals surface area contributed by atoms with Crippen molar-refractivity contribution in [2.24, 2.45) is 0 Å². The number of hydrogen-bond acceptors (Lipinski definition) is 4. The predicted octanol–water partition coefficient (Wildman–Crippen LogP) is 3.26. The molecule has 1 amide bonds. The first kappa shape index (κ1) is 17.9. The second-order valence-electron chi connectivity index (χ2n) is 6.10. The molecule has 1 unspecified atom stereocenters. The fraction of sp³-hybridized carbons (Fsp3) is 0.733. The summed E-state index contributed by atoms with van der Waals surface area (Å²) < 4.78 is 7.40. The van der Waals surface area contributed by atoms with Gasteiger partial charge in [0.25, 0.3) is 0 Å². The van der Waals surface area contributed by atoms with E-state index in [0.717, 1.165) is 24.3 Å². The van der Waals surface area contributed by atoms with Gasteiger partial charge in [-0.1, -0.05) is 0 Å². The van der Waals surface area contributed by atoms with Crippen molar-refractivity contribution < 1.29 is 9.53 Å². The Kier molecular flexibility index (Phi) is 7.08. The largest absolute Gasteiger partial charge is 0.444 e. The van der Waals surface area contributed by atoms with Crippen LogP contribution in [0, 0.1) is 0 Å². The van der Waals surface area contributed by atoms with Gasteiger partial charge in [-0.2, -0.15) is 11.8 Å². The van der Waals surface area contributed by atoms with Crippen LogP contribution in [0.15, 0.2) is 12.5 Å². The summed E-state index contributed by atoms with van der Waals surface area (Å²) in [6.07, 6.45) is 7.35. The Balaban J connectivity index is 2.42. The van der Waals surface area contributed by atoms with Crippen LogP contribution in [0.4, 0.5) is 4.79 Å². The van der Waals surface area contributed by atoms with Crippen LogP contribution in [0.25, 0.3) is 0 Å². The summed E-state index contributed by atoms with van der Waals surface area (Å²) in [5.41, 5.74) is 0.678. The number of carbonyl (C=O) groups is 1. The van der Waals surface area contributed by atoms with Crippen LogP contribution in [-0.2, 0) is 11.2 Å². The van der Waals surface area contributed by atoms with Gasteiger partial charge in [0, 0.05) is 30.9 Å². The minimum absolute atomic E-state index is 0.371. The summed E-state index contributed by atoms with van der Waals surface area (Å²) in [5.74, 6) is 1.13. The van der Waals surface area contributed by atoms with Crippen molar-refractivity contribution in [1.82, 2.24) is 14.9 Å². The minimum atomic E-state index is -0.460. The Morgan fingerprint density at radius 3 is 2.86 bits per heavy atom. The van der Waals surface area contributed by atoms with Crippen LogP contribution in [-0.4, -0.2) is 39.8 Å². The number of hydrogen-bond donors (Lipinski definition) is 1. The van der Waals surface area contributed by atoms with Gasteiger partial charge in [-0.25, -0.2) is 9.78 Å². The molecular formula is C15H27N3O2S. The zero-order valence-corrected chi connectivity index (χ0v) is 14.5. The molecule has 0 radical (unpaired) electrons. The molecule has 1 atom stereocenters. The molecule has 21 heavy (non-hydrogen) atoms. The molecule has 1 rings (SSSR count). The molecule has 5 nitrogen and oxygen atoms in total. The lowest BCUT2D eigenvalue weighted by Gasteiger charge is -2.20. The highest BCUT2D eigenvalue weighted by molar-refractivity contribution is 7.98. The first-order valence-corrected chi connectivity index (χ1v) is 8.69. The Hall–Kier alpha value is -1.17. The third-order valence-corrected chi connectivity index (χ3v) is 3.65. The van der Waals surface area contributed by atoms with Gasteiger partial charge < -0.3 is 14.6 Å². The average molecular weight is 313 g/mol. The van der Waals surface area contributed by atoms with Crippen LogP contribution in [0.3, 0.4) is 0 Å². The number of nitrogens with zero attached hydrogens (tertiary/aromatic N) is 2. The van der Waals surface area contributed by atoms with Crippen molar-refractivity contribution in [1.29, 1.82) is 0 Å². The standard InChI is InChI=1S/C15H27N3O2S/c1-12(7-9-21-5)18-11-16-10-13(18)6-8-17-14(19)20-15(2,3)4/h10-12H,6-9H2,1-5H3,(H,17,19). The number of thioether (sulfide) groups is 1. The monoisotopic (exact) mass is 313 g/mol. The van der Waals surface area contributed by atoms with E-state index in [-0.39, 0.29) is 6.09 Å². The fourth-order valence-electron chi connectivity index (χ4n) is 1.96. The third-order valence-electron chi connectivity index (χ3n) is 3.01. The normalized spacial score (nSPS) is 13.0. The van der Waals surface area contributed by atoms with Gasteiger partial charge in [0.1, 0.15) is 5.60 Å². The van der Waals surface area contributed by atoms with Gasteiger partial charge in [-0.05, 0) is 46.1 Å². The molecule has 1 N–H and O–H groups in total. The summed E-state index contributed by atoms with van der Waals surface area (Å²) >= 11 is 1.85. The summed E-state index contributed by atoms with van der Waals surface area (Å²) in [7, 11) is 0. The number of ether oxygens (including phenoxy) is 1. The molecule has 0 fully saturated rings. The molecule has 0 aliphatic carbocycles. The molecule has 0 aliphatic heterocycles. The Morgan fingerprint density at radius 1 is 1.52 bits per heavy atom. The number of aromatic nitrogens is 2. The van der Waals surface area contributed by atoms with E-state index >= 15 is 0 Å². The molecule has 6 heteroatoms. The lowest BCUT2D eigenvalue weighted by molar-refractivity contribution is 0.0528. The van der Waals surface area contributed by atoms with E-state index in [1.807, 2.05) is 45.1 Å². The topological polar surface area (TPSA) is 56.2 Å². The second kappa shape index (κ2) is 8.32. The van der Waals surface area contributed by atoms with Crippen LogP contribution < -0.4 is 5.32 Å². The number of alkyl carbamates (subject to hydrolysis) is 1. The smallest absolute Gasteiger partial charge is 0.407 e. The van der Waals surface area contributed by atoms with Crippen molar-refractivity contribution in [2.75, 3.05) is 18.6 Å². The molecule has 1 aromatic rings. The summed E-state index contributed by atoms with van der Waals surface area (Å²) in [4.78, 5) is 15.8. The Bertz CT molecular complexity index is 440. The summed E-state index contributed by atoms with van der Waals surface area (Å²) in [6.45, 7) is 8.32. The Morgan fingerprint density at radius 2 is 2.24 bits per heavy atom.